The fraction of sp³-hybridized carbons (Fsp3) is 0.562. The van der Waals surface area contributed by atoms with Crippen LogP contribution in [0.2, 0.25) is 0 Å². The second kappa shape index (κ2) is 7.81. The van der Waals surface area contributed by atoms with Gasteiger partial charge in [0.05, 0.1) is 18.8 Å². The van der Waals surface area contributed by atoms with Gasteiger partial charge in [0.15, 0.2) is 0 Å². The summed E-state index contributed by atoms with van der Waals surface area (Å²) in [6.07, 6.45) is -0.196. The normalized spacial score (nSPS) is 20.1. The molecular formula is C16H25ClN2O3. The molecule has 0 spiro atoms. The fourth-order valence-corrected chi connectivity index (χ4v) is 2.63. The first-order chi connectivity index (χ1) is 9.93. The highest BCUT2D eigenvalue weighted by molar-refractivity contribution is 5.85. The maximum Gasteiger partial charge on any atom is 0.414 e. The summed E-state index contributed by atoms with van der Waals surface area (Å²) >= 11 is 0. The number of nitrogens with zero attached hydrogens (tertiary/aromatic N) is 2. The Hall–Kier alpha value is -1.30. The van der Waals surface area contributed by atoms with Crippen LogP contribution in [0.3, 0.4) is 0 Å². The Morgan fingerprint density at radius 3 is 2.64 bits per heavy atom. The fourth-order valence-electron chi connectivity index (χ4n) is 2.63. The molecule has 1 aromatic rings. The lowest BCUT2D eigenvalue weighted by Crippen LogP contribution is -2.35. The number of hydrogen-bond acceptors (Lipinski definition) is 4. The van der Waals surface area contributed by atoms with E-state index in [1.54, 1.807) is 7.05 Å². The second-order valence-electron chi connectivity index (χ2n) is 5.67. The van der Waals surface area contributed by atoms with E-state index in [0.717, 1.165) is 5.56 Å². The Balaban J connectivity index is 0.00000242. The van der Waals surface area contributed by atoms with Crippen molar-refractivity contribution in [2.45, 2.75) is 32.6 Å². The number of rotatable bonds is 3. The molecule has 0 aromatic heterocycles. The van der Waals surface area contributed by atoms with Crippen LogP contribution in [0, 0.1) is 0 Å². The first-order valence-electron chi connectivity index (χ1n) is 7.27. The molecule has 6 heteroatoms. The van der Waals surface area contributed by atoms with Gasteiger partial charge in [-0.3, -0.25) is 0 Å². The van der Waals surface area contributed by atoms with Crippen LogP contribution in [0.15, 0.2) is 18.2 Å². The van der Waals surface area contributed by atoms with E-state index in [1.165, 1.54) is 10.5 Å². The van der Waals surface area contributed by atoms with Crippen LogP contribution >= 0.6 is 12.4 Å². The molecule has 124 valence electrons. The number of likely N-dealkylation sites (N-methyl/N-ethyl adjacent to an activating group) is 1. The van der Waals surface area contributed by atoms with Crippen molar-refractivity contribution in [3.63, 3.8) is 0 Å². The molecule has 0 saturated carbocycles. The number of carbonyl (C=O) groups is 1. The minimum atomic E-state index is -0.341. The number of benzene rings is 1. The summed E-state index contributed by atoms with van der Waals surface area (Å²) in [5, 5.41) is 0. The van der Waals surface area contributed by atoms with E-state index < -0.39 is 0 Å². The Morgan fingerprint density at radius 2 is 2.05 bits per heavy atom. The van der Waals surface area contributed by atoms with Gasteiger partial charge >= 0.3 is 6.09 Å². The molecule has 0 N–H and O–H groups in total. The van der Waals surface area contributed by atoms with Crippen molar-refractivity contribution >= 4 is 18.5 Å². The lowest BCUT2D eigenvalue weighted by Gasteiger charge is -2.36. The van der Waals surface area contributed by atoms with Crippen molar-refractivity contribution < 1.29 is 14.3 Å². The molecule has 1 aliphatic heterocycles. The lowest BCUT2D eigenvalue weighted by molar-refractivity contribution is -0.0168. The molecule has 1 amide bonds. The van der Waals surface area contributed by atoms with Gasteiger partial charge in [-0.15, -0.1) is 12.4 Å². The van der Waals surface area contributed by atoms with Crippen LogP contribution in [0.1, 0.15) is 31.0 Å². The van der Waals surface area contributed by atoms with Gasteiger partial charge in [-0.05, 0) is 51.2 Å². The maximum absolute atomic E-state index is 11.8. The van der Waals surface area contributed by atoms with Crippen molar-refractivity contribution in [2.24, 2.45) is 0 Å². The molecule has 1 heterocycles. The summed E-state index contributed by atoms with van der Waals surface area (Å²) in [6.45, 7) is 5.16. The molecule has 0 fully saturated rings. The van der Waals surface area contributed by atoms with E-state index >= 15 is 0 Å². The van der Waals surface area contributed by atoms with Crippen molar-refractivity contribution in [1.29, 1.82) is 0 Å². The first-order valence-corrected chi connectivity index (χ1v) is 7.27. The molecule has 0 aliphatic carbocycles. The van der Waals surface area contributed by atoms with Gasteiger partial charge in [-0.1, -0.05) is 6.07 Å². The first kappa shape index (κ1) is 18.7. The third-order valence-corrected chi connectivity index (χ3v) is 3.93. The van der Waals surface area contributed by atoms with Crippen molar-refractivity contribution in [3.8, 4) is 5.75 Å². The zero-order chi connectivity index (χ0) is 15.6. The van der Waals surface area contributed by atoms with Crippen molar-refractivity contribution in [2.75, 3.05) is 27.7 Å². The minimum absolute atomic E-state index is 0. The molecule has 0 bridgehead atoms. The summed E-state index contributed by atoms with van der Waals surface area (Å²) in [5.74, 6) is 0.565. The van der Waals surface area contributed by atoms with Gasteiger partial charge < -0.3 is 19.3 Å². The SMILES string of the molecule is CCN(C)C(=O)Oc1ccc2c(c1)CO[C@H](C)[C@H]2N(C)C.Cl. The summed E-state index contributed by atoms with van der Waals surface area (Å²) in [6, 6.07) is 6.01. The van der Waals surface area contributed by atoms with Crippen molar-refractivity contribution in [3.05, 3.63) is 29.3 Å². The Kier molecular flexibility index (Phi) is 6.66. The number of ether oxygens (including phenoxy) is 2. The quantitative estimate of drug-likeness (QED) is 0.855. The van der Waals surface area contributed by atoms with E-state index in [4.69, 9.17) is 9.47 Å². The highest BCUT2D eigenvalue weighted by atomic mass is 35.5. The Labute approximate surface area is 138 Å². The molecule has 0 radical (unpaired) electrons. The van der Waals surface area contributed by atoms with Crippen LogP contribution in [-0.4, -0.2) is 49.7 Å². The van der Waals surface area contributed by atoms with E-state index in [1.807, 2.05) is 39.2 Å². The summed E-state index contributed by atoms with van der Waals surface area (Å²) < 4.78 is 11.2. The zero-order valence-corrected chi connectivity index (χ0v) is 14.6. The third-order valence-electron chi connectivity index (χ3n) is 3.93. The van der Waals surface area contributed by atoms with Gasteiger partial charge in [0.1, 0.15) is 5.75 Å². The number of halogens is 1. The van der Waals surface area contributed by atoms with Crippen LogP contribution < -0.4 is 4.74 Å². The molecule has 2 atom stereocenters. The molecule has 0 saturated heterocycles. The van der Waals surface area contributed by atoms with Gasteiger partial charge in [0.25, 0.3) is 0 Å². The second-order valence-corrected chi connectivity index (χ2v) is 5.67. The molecule has 5 nitrogen and oxygen atoms in total. The molecule has 22 heavy (non-hydrogen) atoms. The average Bonchev–Trinajstić information content (AvgIpc) is 2.45. The van der Waals surface area contributed by atoms with Crippen LogP contribution in [0.5, 0.6) is 5.75 Å². The maximum atomic E-state index is 11.8. The summed E-state index contributed by atoms with van der Waals surface area (Å²) in [4.78, 5) is 15.5. The molecule has 0 unspecified atom stereocenters. The smallest absolute Gasteiger partial charge is 0.410 e. The number of hydrogen-bond donors (Lipinski definition) is 0. The number of amides is 1. The van der Waals surface area contributed by atoms with E-state index in [0.29, 0.717) is 18.9 Å². The third kappa shape index (κ3) is 3.91. The van der Waals surface area contributed by atoms with Crippen LogP contribution in [-0.2, 0) is 11.3 Å². The molecule has 1 aliphatic rings. The molecular weight excluding hydrogens is 304 g/mol. The Morgan fingerprint density at radius 1 is 1.36 bits per heavy atom. The monoisotopic (exact) mass is 328 g/mol. The van der Waals surface area contributed by atoms with Gasteiger partial charge in [-0.2, -0.15) is 0 Å². The molecule has 1 aromatic carbocycles. The summed E-state index contributed by atoms with van der Waals surface area (Å²) in [5.41, 5.74) is 2.32. The van der Waals surface area contributed by atoms with Crippen LogP contribution in [0.25, 0.3) is 0 Å². The predicted octanol–water partition coefficient (Wildman–Crippen LogP) is 3.08. The topological polar surface area (TPSA) is 42.0 Å². The van der Waals surface area contributed by atoms with E-state index in [-0.39, 0.29) is 30.6 Å². The van der Waals surface area contributed by atoms with E-state index in [2.05, 4.69) is 11.8 Å². The predicted molar refractivity (Wildman–Crippen MR) is 88.7 cm³/mol. The largest absolute Gasteiger partial charge is 0.414 e. The minimum Gasteiger partial charge on any atom is -0.410 e. The zero-order valence-electron chi connectivity index (χ0n) is 13.8. The summed E-state index contributed by atoms with van der Waals surface area (Å²) in [7, 11) is 5.81. The number of fused-ring (bicyclic) bond motifs is 1. The van der Waals surface area contributed by atoms with Gasteiger partial charge in [0, 0.05) is 13.6 Å². The highest BCUT2D eigenvalue weighted by Crippen LogP contribution is 2.34. The van der Waals surface area contributed by atoms with Gasteiger partial charge in [-0.25, -0.2) is 4.79 Å². The van der Waals surface area contributed by atoms with Crippen LogP contribution in [0.4, 0.5) is 4.79 Å². The lowest BCUT2D eigenvalue weighted by atomic mass is 9.93. The Bertz CT molecular complexity index is 522. The van der Waals surface area contributed by atoms with Crippen molar-refractivity contribution in [1.82, 2.24) is 9.80 Å². The highest BCUT2D eigenvalue weighted by Gasteiger charge is 2.29. The average molecular weight is 329 g/mol. The van der Waals surface area contributed by atoms with Gasteiger partial charge in [0.2, 0.25) is 0 Å². The molecule has 2 rings (SSSR count). The van der Waals surface area contributed by atoms with E-state index in [9.17, 15) is 4.79 Å². The standard InChI is InChI=1S/C16H24N2O3.ClH/c1-6-18(5)16(19)21-13-7-8-14-12(9-13)10-20-11(2)15(14)17(3)4;/h7-9,11,15H,6,10H2,1-5H3;1H/t11-,15-;/m1./s1. The number of carbonyl (C=O) groups excluding carboxylic acids is 1.